The molecule has 0 bridgehead atoms. The number of hydrogen-bond acceptors (Lipinski definition) is 2. The standard InChI is InChI=1S/C15H23N3/c1-4-14-11(2)17-18(12(14)3)15-9-7-5-6-8-13(15)10-16/h13,15H,4-9H2,1-3H3. The maximum Gasteiger partial charge on any atom is 0.0687 e. The van der Waals surface area contributed by atoms with Crippen molar-refractivity contribution in [1.82, 2.24) is 9.78 Å². The van der Waals surface area contributed by atoms with E-state index < -0.39 is 0 Å². The summed E-state index contributed by atoms with van der Waals surface area (Å²) in [5, 5.41) is 14.1. The summed E-state index contributed by atoms with van der Waals surface area (Å²) < 4.78 is 2.15. The number of aryl methyl sites for hydroxylation is 1. The molecule has 0 amide bonds. The van der Waals surface area contributed by atoms with Crippen LogP contribution in [0, 0.1) is 31.1 Å². The van der Waals surface area contributed by atoms with Crippen LogP contribution < -0.4 is 0 Å². The first kappa shape index (κ1) is 13.1. The normalized spacial score (nSPS) is 24.6. The molecule has 1 aliphatic carbocycles. The van der Waals surface area contributed by atoms with Crippen LogP contribution in [0.1, 0.15) is 62.0 Å². The van der Waals surface area contributed by atoms with Crippen molar-refractivity contribution in [3.8, 4) is 6.07 Å². The summed E-state index contributed by atoms with van der Waals surface area (Å²) in [6, 6.07) is 2.79. The van der Waals surface area contributed by atoms with Gasteiger partial charge in [-0.2, -0.15) is 10.4 Å². The van der Waals surface area contributed by atoms with Crippen LogP contribution >= 0.6 is 0 Å². The number of nitriles is 1. The van der Waals surface area contributed by atoms with E-state index in [0.717, 1.165) is 25.0 Å². The lowest BCUT2D eigenvalue weighted by Crippen LogP contribution is -2.20. The van der Waals surface area contributed by atoms with Gasteiger partial charge in [-0.05, 0) is 38.7 Å². The van der Waals surface area contributed by atoms with E-state index in [9.17, 15) is 5.26 Å². The molecule has 1 saturated carbocycles. The second-order valence-corrected chi connectivity index (χ2v) is 5.39. The average Bonchev–Trinajstić information content (AvgIpc) is 2.57. The van der Waals surface area contributed by atoms with Gasteiger partial charge in [-0.15, -0.1) is 0 Å². The van der Waals surface area contributed by atoms with Crippen molar-refractivity contribution >= 4 is 0 Å². The lowest BCUT2D eigenvalue weighted by Gasteiger charge is -2.21. The first-order valence-electron chi connectivity index (χ1n) is 7.13. The van der Waals surface area contributed by atoms with Crippen molar-refractivity contribution in [3.05, 3.63) is 17.0 Å². The molecule has 18 heavy (non-hydrogen) atoms. The van der Waals surface area contributed by atoms with Crippen LogP contribution in [0.2, 0.25) is 0 Å². The molecule has 0 radical (unpaired) electrons. The molecule has 0 aliphatic heterocycles. The highest BCUT2D eigenvalue weighted by Crippen LogP contribution is 2.33. The highest BCUT2D eigenvalue weighted by Gasteiger charge is 2.27. The molecule has 2 rings (SSSR count). The van der Waals surface area contributed by atoms with Gasteiger partial charge >= 0.3 is 0 Å². The second-order valence-electron chi connectivity index (χ2n) is 5.39. The van der Waals surface area contributed by atoms with E-state index in [4.69, 9.17) is 5.10 Å². The predicted octanol–water partition coefficient (Wildman–Crippen LogP) is 3.71. The smallest absolute Gasteiger partial charge is 0.0687 e. The van der Waals surface area contributed by atoms with Gasteiger partial charge in [-0.25, -0.2) is 0 Å². The van der Waals surface area contributed by atoms with E-state index >= 15 is 0 Å². The molecule has 98 valence electrons. The third kappa shape index (κ3) is 2.29. The molecular weight excluding hydrogens is 222 g/mol. The molecule has 1 aromatic heterocycles. The molecule has 2 atom stereocenters. The molecular formula is C15H23N3. The fraction of sp³-hybridized carbons (Fsp3) is 0.733. The average molecular weight is 245 g/mol. The molecule has 1 aliphatic rings. The lowest BCUT2D eigenvalue weighted by atomic mass is 9.96. The Labute approximate surface area is 110 Å². The molecule has 3 nitrogen and oxygen atoms in total. The van der Waals surface area contributed by atoms with E-state index in [-0.39, 0.29) is 12.0 Å². The molecule has 2 unspecified atom stereocenters. The number of rotatable bonds is 2. The Bertz CT molecular complexity index is 453. The Hall–Kier alpha value is -1.30. The van der Waals surface area contributed by atoms with Crippen molar-refractivity contribution in [2.24, 2.45) is 5.92 Å². The van der Waals surface area contributed by atoms with Crippen LogP contribution in [-0.4, -0.2) is 9.78 Å². The van der Waals surface area contributed by atoms with Gasteiger partial charge in [0, 0.05) is 5.69 Å². The lowest BCUT2D eigenvalue weighted by molar-refractivity contribution is 0.336. The number of hydrogen-bond donors (Lipinski definition) is 0. The van der Waals surface area contributed by atoms with Gasteiger partial charge in [-0.1, -0.05) is 26.2 Å². The summed E-state index contributed by atoms with van der Waals surface area (Å²) in [5.74, 6) is 0.134. The summed E-state index contributed by atoms with van der Waals surface area (Å²) in [6.45, 7) is 6.41. The molecule has 3 heteroatoms. The third-order valence-electron chi connectivity index (χ3n) is 4.29. The highest BCUT2D eigenvalue weighted by atomic mass is 15.3. The van der Waals surface area contributed by atoms with Crippen LogP contribution in [0.4, 0.5) is 0 Å². The third-order valence-corrected chi connectivity index (χ3v) is 4.29. The first-order chi connectivity index (χ1) is 8.69. The van der Waals surface area contributed by atoms with Crippen molar-refractivity contribution in [2.45, 2.75) is 65.3 Å². The van der Waals surface area contributed by atoms with Crippen LogP contribution in [0.3, 0.4) is 0 Å². The van der Waals surface area contributed by atoms with Gasteiger partial charge < -0.3 is 0 Å². The van der Waals surface area contributed by atoms with E-state index in [2.05, 4.69) is 31.5 Å². The van der Waals surface area contributed by atoms with Crippen molar-refractivity contribution in [2.75, 3.05) is 0 Å². The van der Waals surface area contributed by atoms with Gasteiger partial charge in [-0.3, -0.25) is 4.68 Å². The molecule has 1 fully saturated rings. The van der Waals surface area contributed by atoms with Crippen molar-refractivity contribution in [1.29, 1.82) is 5.26 Å². The molecule has 0 saturated heterocycles. The molecule has 0 aromatic carbocycles. The van der Waals surface area contributed by atoms with E-state index in [1.54, 1.807) is 0 Å². The zero-order valence-electron chi connectivity index (χ0n) is 11.7. The summed E-state index contributed by atoms with van der Waals surface area (Å²) in [7, 11) is 0. The van der Waals surface area contributed by atoms with Gasteiger partial charge in [0.1, 0.15) is 0 Å². The van der Waals surface area contributed by atoms with Gasteiger partial charge in [0.2, 0.25) is 0 Å². The van der Waals surface area contributed by atoms with Gasteiger partial charge in [0.15, 0.2) is 0 Å². The Balaban J connectivity index is 2.36. The maximum atomic E-state index is 9.38. The summed E-state index contributed by atoms with van der Waals surface area (Å²) in [4.78, 5) is 0. The molecule has 1 heterocycles. The van der Waals surface area contributed by atoms with Crippen LogP contribution in [-0.2, 0) is 6.42 Å². The Morgan fingerprint density at radius 1 is 1.28 bits per heavy atom. The van der Waals surface area contributed by atoms with Crippen molar-refractivity contribution < 1.29 is 0 Å². The highest BCUT2D eigenvalue weighted by molar-refractivity contribution is 5.25. The predicted molar refractivity (Wildman–Crippen MR) is 72.3 cm³/mol. The minimum absolute atomic E-state index is 0.134. The SMILES string of the molecule is CCc1c(C)nn(C2CCCCCC2C#N)c1C. The summed E-state index contributed by atoms with van der Waals surface area (Å²) in [6.07, 6.45) is 6.83. The van der Waals surface area contributed by atoms with Crippen LogP contribution in [0.15, 0.2) is 0 Å². The maximum absolute atomic E-state index is 9.38. The Morgan fingerprint density at radius 2 is 2.00 bits per heavy atom. The minimum Gasteiger partial charge on any atom is -0.265 e. The topological polar surface area (TPSA) is 41.6 Å². The number of nitrogens with zero attached hydrogens (tertiary/aromatic N) is 3. The van der Waals surface area contributed by atoms with Crippen molar-refractivity contribution in [3.63, 3.8) is 0 Å². The largest absolute Gasteiger partial charge is 0.265 e. The Kier molecular flexibility index (Phi) is 4.06. The van der Waals surface area contributed by atoms with E-state index in [1.165, 1.54) is 30.5 Å². The molecule has 0 N–H and O–H groups in total. The zero-order valence-corrected chi connectivity index (χ0v) is 11.7. The number of aromatic nitrogens is 2. The van der Waals surface area contributed by atoms with Gasteiger partial charge in [0.25, 0.3) is 0 Å². The second kappa shape index (κ2) is 5.56. The fourth-order valence-corrected chi connectivity index (χ4v) is 3.26. The Morgan fingerprint density at radius 3 is 2.61 bits per heavy atom. The minimum atomic E-state index is 0.134. The first-order valence-corrected chi connectivity index (χ1v) is 7.13. The molecule has 1 aromatic rings. The summed E-state index contributed by atoms with van der Waals surface area (Å²) in [5.41, 5.74) is 3.76. The van der Waals surface area contributed by atoms with E-state index in [1.807, 2.05) is 0 Å². The quantitative estimate of drug-likeness (QED) is 0.745. The van der Waals surface area contributed by atoms with Gasteiger partial charge in [0.05, 0.1) is 23.7 Å². The zero-order chi connectivity index (χ0) is 13.1. The van der Waals surface area contributed by atoms with Crippen LogP contribution in [0.25, 0.3) is 0 Å². The fourth-order valence-electron chi connectivity index (χ4n) is 3.26. The molecule has 0 spiro atoms. The van der Waals surface area contributed by atoms with E-state index in [0.29, 0.717) is 0 Å². The summed E-state index contributed by atoms with van der Waals surface area (Å²) >= 11 is 0. The monoisotopic (exact) mass is 245 g/mol. The van der Waals surface area contributed by atoms with Crippen LogP contribution in [0.5, 0.6) is 0 Å².